The molecule has 1 aliphatic rings. The number of para-hydroxylation sites is 1. The molecule has 2 N–H and O–H groups in total. The van der Waals surface area contributed by atoms with Crippen LogP contribution < -0.4 is 16.2 Å². The molecule has 3 rings (SSSR count). The van der Waals surface area contributed by atoms with E-state index in [1.165, 1.54) is 6.42 Å². The van der Waals surface area contributed by atoms with Crippen LogP contribution in [0.1, 0.15) is 26.2 Å². The summed E-state index contributed by atoms with van der Waals surface area (Å²) in [6.45, 7) is 2.86. The molecule has 0 spiro atoms. The zero-order valence-electron chi connectivity index (χ0n) is 12.7. The van der Waals surface area contributed by atoms with Crippen LogP contribution in [-0.4, -0.2) is 23.2 Å². The summed E-state index contributed by atoms with van der Waals surface area (Å²) in [5.74, 6) is 0. The Bertz CT molecular complexity index is 707. The Balaban J connectivity index is 2.23. The average molecular weight is 285 g/mol. The Kier molecular flexibility index (Phi) is 3.72. The van der Waals surface area contributed by atoms with Crippen LogP contribution >= 0.6 is 0 Å². The van der Waals surface area contributed by atoms with Crippen molar-refractivity contribution in [3.8, 4) is 0 Å². The van der Waals surface area contributed by atoms with Crippen molar-refractivity contribution < 1.29 is 0 Å². The van der Waals surface area contributed by atoms with Gasteiger partial charge in [0.2, 0.25) is 0 Å². The SMILES string of the molecule is CC1CCCC(CN)N1c1cc(=O)n(C)c2ccccc12. The van der Waals surface area contributed by atoms with E-state index in [9.17, 15) is 4.79 Å². The molecule has 0 aliphatic carbocycles. The zero-order chi connectivity index (χ0) is 15.0. The lowest BCUT2D eigenvalue weighted by Crippen LogP contribution is -2.49. The quantitative estimate of drug-likeness (QED) is 0.920. The third-order valence-electron chi connectivity index (χ3n) is 4.71. The molecule has 21 heavy (non-hydrogen) atoms. The number of nitrogens with zero attached hydrogens (tertiary/aromatic N) is 2. The van der Waals surface area contributed by atoms with Gasteiger partial charge in [-0.15, -0.1) is 0 Å². The lowest BCUT2D eigenvalue weighted by atomic mass is 9.95. The van der Waals surface area contributed by atoms with Crippen LogP contribution in [0.5, 0.6) is 0 Å². The van der Waals surface area contributed by atoms with Gasteiger partial charge in [0.05, 0.1) is 11.2 Å². The van der Waals surface area contributed by atoms with Gasteiger partial charge in [-0.05, 0) is 32.3 Å². The van der Waals surface area contributed by atoms with Gasteiger partial charge in [0.1, 0.15) is 0 Å². The molecule has 2 unspecified atom stereocenters. The van der Waals surface area contributed by atoms with Gasteiger partial charge in [-0.2, -0.15) is 0 Å². The number of benzene rings is 1. The molecule has 1 fully saturated rings. The van der Waals surface area contributed by atoms with Gasteiger partial charge in [0.15, 0.2) is 0 Å². The molecule has 1 aromatic carbocycles. The molecule has 2 aromatic rings. The number of anilines is 1. The second kappa shape index (κ2) is 5.53. The summed E-state index contributed by atoms with van der Waals surface area (Å²) in [5.41, 5.74) is 8.04. The fourth-order valence-corrected chi connectivity index (χ4v) is 3.56. The molecule has 0 radical (unpaired) electrons. The Morgan fingerprint density at radius 1 is 1.29 bits per heavy atom. The van der Waals surface area contributed by atoms with Crippen LogP contribution in [0.2, 0.25) is 0 Å². The van der Waals surface area contributed by atoms with Gasteiger partial charge in [0, 0.05) is 37.1 Å². The summed E-state index contributed by atoms with van der Waals surface area (Å²) in [7, 11) is 1.83. The number of hydrogen-bond acceptors (Lipinski definition) is 3. The number of aromatic nitrogens is 1. The molecule has 1 aliphatic heterocycles. The van der Waals surface area contributed by atoms with E-state index in [2.05, 4.69) is 17.9 Å². The summed E-state index contributed by atoms with van der Waals surface area (Å²) in [5, 5.41) is 1.13. The van der Waals surface area contributed by atoms with Crippen molar-refractivity contribution in [1.29, 1.82) is 0 Å². The molecule has 2 heterocycles. The first-order valence-electron chi connectivity index (χ1n) is 7.70. The van der Waals surface area contributed by atoms with Crippen LogP contribution in [0.15, 0.2) is 35.1 Å². The molecule has 1 aromatic heterocycles. The van der Waals surface area contributed by atoms with E-state index in [0.29, 0.717) is 18.6 Å². The monoisotopic (exact) mass is 285 g/mol. The van der Waals surface area contributed by atoms with E-state index >= 15 is 0 Å². The van der Waals surface area contributed by atoms with Crippen molar-refractivity contribution in [2.75, 3.05) is 11.4 Å². The van der Waals surface area contributed by atoms with Crippen molar-refractivity contribution in [3.05, 3.63) is 40.7 Å². The second-order valence-corrected chi connectivity index (χ2v) is 6.02. The Morgan fingerprint density at radius 3 is 2.81 bits per heavy atom. The Labute approximate surface area is 125 Å². The van der Waals surface area contributed by atoms with Crippen LogP contribution in [0.4, 0.5) is 5.69 Å². The highest BCUT2D eigenvalue weighted by Crippen LogP contribution is 2.33. The normalized spacial score (nSPS) is 22.7. The highest BCUT2D eigenvalue weighted by molar-refractivity contribution is 5.92. The smallest absolute Gasteiger partial charge is 0.252 e. The summed E-state index contributed by atoms with van der Waals surface area (Å²) >= 11 is 0. The van der Waals surface area contributed by atoms with E-state index in [0.717, 1.165) is 29.4 Å². The Morgan fingerprint density at radius 2 is 2.05 bits per heavy atom. The highest BCUT2D eigenvalue weighted by atomic mass is 16.1. The Hall–Kier alpha value is -1.81. The molecule has 0 bridgehead atoms. The molecule has 4 heteroatoms. The van der Waals surface area contributed by atoms with Crippen molar-refractivity contribution in [3.63, 3.8) is 0 Å². The van der Waals surface area contributed by atoms with Gasteiger partial charge in [0.25, 0.3) is 5.56 Å². The van der Waals surface area contributed by atoms with E-state index in [4.69, 9.17) is 5.73 Å². The van der Waals surface area contributed by atoms with Crippen LogP contribution in [0.25, 0.3) is 10.9 Å². The highest BCUT2D eigenvalue weighted by Gasteiger charge is 2.28. The van der Waals surface area contributed by atoms with Crippen molar-refractivity contribution in [2.45, 2.75) is 38.3 Å². The van der Waals surface area contributed by atoms with Gasteiger partial charge in [-0.1, -0.05) is 18.2 Å². The molecule has 1 saturated heterocycles. The standard InChI is InChI=1S/C17H23N3O/c1-12-6-5-7-13(11-18)20(12)16-10-17(21)19(2)15-9-4-3-8-14(15)16/h3-4,8-10,12-13H,5-7,11,18H2,1-2H3. The van der Waals surface area contributed by atoms with Gasteiger partial charge in [-0.25, -0.2) is 0 Å². The van der Waals surface area contributed by atoms with Crippen molar-refractivity contribution in [1.82, 2.24) is 4.57 Å². The number of nitrogens with two attached hydrogens (primary N) is 1. The van der Waals surface area contributed by atoms with E-state index < -0.39 is 0 Å². The predicted molar refractivity (Wildman–Crippen MR) is 87.8 cm³/mol. The van der Waals surface area contributed by atoms with Gasteiger partial charge >= 0.3 is 0 Å². The molecular weight excluding hydrogens is 262 g/mol. The predicted octanol–water partition coefficient (Wildman–Crippen LogP) is 2.24. The van der Waals surface area contributed by atoms with Crippen LogP contribution in [0, 0.1) is 0 Å². The van der Waals surface area contributed by atoms with Crippen LogP contribution in [-0.2, 0) is 7.05 Å². The first-order chi connectivity index (χ1) is 10.1. The maximum absolute atomic E-state index is 12.3. The number of rotatable bonds is 2. The minimum Gasteiger partial charge on any atom is -0.364 e. The first-order valence-corrected chi connectivity index (χ1v) is 7.70. The lowest BCUT2D eigenvalue weighted by molar-refractivity contribution is 0.401. The zero-order valence-corrected chi connectivity index (χ0v) is 12.7. The second-order valence-electron chi connectivity index (χ2n) is 6.02. The number of fused-ring (bicyclic) bond motifs is 1. The number of piperidine rings is 1. The fraction of sp³-hybridized carbons (Fsp3) is 0.471. The molecule has 4 nitrogen and oxygen atoms in total. The third kappa shape index (κ3) is 2.33. The molecule has 2 atom stereocenters. The summed E-state index contributed by atoms with van der Waals surface area (Å²) < 4.78 is 1.71. The molecule has 0 amide bonds. The largest absolute Gasteiger partial charge is 0.364 e. The number of hydrogen-bond donors (Lipinski definition) is 1. The third-order valence-corrected chi connectivity index (χ3v) is 4.71. The summed E-state index contributed by atoms with van der Waals surface area (Å²) in [4.78, 5) is 14.7. The number of aryl methyl sites for hydroxylation is 1. The summed E-state index contributed by atoms with van der Waals surface area (Å²) in [6.07, 6.45) is 3.47. The topological polar surface area (TPSA) is 51.3 Å². The maximum atomic E-state index is 12.3. The number of pyridine rings is 1. The summed E-state index contributed by atoms with van der Waals surface area (Å²) in [6, 6.07) is 10.6. The maximum Gasteiger partial charge on any atom is 0.252 e. The molecule has 112 valence electrons. The fourth-order valence-electron chi connectivity index (χ4n) is 3.56. The first kappa shape index (κ1) is 14.1. The van der Waals surface area contributed by atoms with E-state index in [1.54, 1.807) is 10.6 Å². The molecule has 0 saturated carbocycles. The minimum absolute atomic E-state index is 0.0391. The van der Waals surface area contributed by atoms with Crippen molar-refractivity contribution >= 4 is 16.6 Å². The van der Waals surface area contributed by atoms with E-state index in [-0.39, 0.29) is 5.56 Å². The van der Waals surface area contributed by atoms with Gasteiger partial charge < -0.3 is 15.2 Å². The van der Waals surface area contributed by atoms with Crippen LogP contribution in [0.3, 0.4) is 0 Å². The van der Waals surface area contributed by atoms with Gasteiger partial charge in [-0.3, -0.25) is 4.79 Å². The van der Waals surface area contributed by atoms with Crippen molar-refractivity contribution in [2.24, 2.45) is 12.8 Å². The molecular formula is C17H23N3O. The van der Waals surface area contributed by atoms with E-state index in [1.807, 2.05) is 25.2 Å². The average Bonchev–Trinajstić information content (AvgIpc) is 2.51. The lowest BCUT2D eigenvalue weighted by Gasteiger charge is -2.42. The minimum atomic E-state index is 0.0391.